The van der Waals surface area contributed by atoms with Gasteiger partial charge in [-0.2, -0.15) is 4.31 Å². The second kappa shape index (κ2) is 9.09. The van der Waals surface area contributed by atoms with Crippen LogP contribution in [0.5, 0.6) is 0 Å². The second-order valence-corrected chi connectivity index (χ2v) is 10.4. The van der Waals surface area contributed by atoms with Crippen LogP contribution in [0.4, 0.5) is 5.69 Å². The van der Waals surface area contributed by atoms with Gasteiger partial charge in [-0.15, -0.1) is 0 Å². The first-order chi connectivity index (χ1) is 14.4. The first kappa shape index (κ1) is 21.4. The number of hydrogen-bond donors (Lipinski definition) is 2. The molecule has 2 aliphatic rings. The topological polar surface area (TPSA) is 94.7 Å². The molecular weight excluding hydrogens is 472 g/mol. The number of halogens is 1. The molecule has 2 aromatic rings. The van der Waals surface area contributed by atoms with Crippen molar-refractivity contribution in [1.29, 1.82) is 0 Å². The van der Waals surface area contributed by atoms with E-state index < -0.39 is 10.0 Å². The van der Waals surface area contributed by atoms with Gasteiger partial charge in [0.15, 0.2) is 0 Å². The van der Waals surface area contributed by atoms with Crippen molar-refractivity contribution in [2.45, 2.75) is 11.3 Å². The molecule has 162 valence electrons. The molecule has 1 amide bonds. The standard InChI is InChI=1S/C20H25BrN4O4S/c21-16-2-1-3-17(10-16)24-5-4-15(14-24)12-23-20(26)19-11-18(13-22-19)30(27,28)25-6-8-29-9-7-25/h1-3,10-11,13,15,22H,4-9,12,14H2,(H,23,26). The van der Waals surface area contributed by atoms with E-state index in [9.17, 15) is 13.2 Å². The van der Waals surface area contributed by atoms with Gasteiger partial charge in [-0.1, -0.05) is 22.0 Å². The zero-order valence-corrected chi connectivity index (χ0v) is 18.9. The van der Waals surface area contributed by atoms with Gasteiger partial charge in [-0.3, -0.25) is 4.79 Å². The minimum absolute atomic E-state index is 0.108. The van der Waals surface area contributed by atoms with Crippen molar-refractivity contribution in [3.05, 3.63) is 46.7 Å². The molecule has 1 atom stereocenters. The van der Waals surface area contributed by atoms with Crippen molar-refractivity contribution < 1.29 is 17.9 Å². The minimum Gasteiger partial charge on any atom is -0.379 e. The van der Waals surface area contributed by atoms with Crippen molar-refractivity contribution in [3.63, 3.8) is 0 Å². The molecule has 0 aliphatic carbocycles. The predicted octanol–water partition coefficient (Wildman–Crippen LogP) is 2.05. The monoisotopic (exact) mass is 496 g/mol. The van der Waals surface area contributed by atoms with Crippen LogP contribution in [0.25, 0.3) is 0 Å². The number of sulfonamides is 1. The predicted molar refractivity (Wildman–Crippen MR) is 117 cm³/mol. The smallest absolute Gasteiger partial charge is 0.267 e. The van der Waals surface area contributed by atoms with E-state index >= 15 is 0 Å². The van der Waals surface area contributed by atoms with Gasteiger partial charge >= 0.3 is 0 Å². The Bertz CT molecular complexity index is 1000. The molecule has 2 saturated heterocycles. The number of carbonyl (C=O) groups is 1. The van der Waals surface area contributed by atoms with Gasteiger partial charge in [0.1, 0.15) is 10.6 Å². The molecule has 30 heavy (non-hydrogen) atoms. The molecule has 0 radical (unpaired) electrons. The quantitative estimate of drug-likeness (QED) is 0.638. The number of nitrogens with zero attached hydrogens (tertiary/aromatic N) is 2. The molecule has 1 aromatic heterocycles. The Morgan fingerprint density at radius 3 is 2.80 bits per heavy atom. The van der Waals surface area contributed by atoms with E-state index in [2.05, 4.69) is 43.3 Å². The summed E-state index contributed by atoms with van der Waals surface area (Å²) in [5.41, 5.74) is 1.42. The second-order valence-electron chi connectivity index (χ2n) is 7.56. The molecule has 2 fully saturated rings. The van der Waals surface area contributed by atoms with Crippen molar-refractivity contribution in [1.82, 2.24) is 14.6 Å². The lowest BCUT2D eigenvalue weighted by molar-refractivity contribution is 0.0730. The highest BCUT2D eigenvalue weighted by molar-refractivity contribution is 9.10. The number of rotatable bonds is 6. The van der Waals surface area contributed by atoms with E-state index in [0.29, 0.717) is 38.8 Å². The van der Waals surface area contributed by atoms with Gasteiger partial charge in [0, 0.05) is 49.1 Å². The lowest BCUT2D eigenvalue weighted by Crippen LogP contribution is -2.40. The Balaban J connectivity index is 1.32. The molecule has 0 spiro atoms. The Labute approximate surface area is 184 Å². The van der Waals surface area contributed by atoms with E-state index in [1.807, 2.05) is 12.1 Å². The number of carbonyl (C=O) groups excluding carboxylic acids is 1. The van der Waals surface area contributed by atoms with Crippen LogP contribution in [0, 0.1) is 5.92 Å². The van der Waals surface area contributed by atoms with Crippen LogP contribution in [-0.4, -0.2) is 69.6 Å². The van der Waals surface area contributed by atoms with Crippen LogP contribution in [-0.2, 0) is 14.8 Å². The van der Waals surface area contributed by atoms with E-state index in [0.717, 1.165) is 24.0 Å². The lowest BCUT2D eigenvalue weighted by atomic mass is 10.1. The van der Waals surface area contributed by atoms with Crippen LogP contribution < -0.4 is 10.2 Å². The number of amides is 1. The minimum atomic E-state index is -3.62. The third-order valence-corrected chi connectivity index (χ3v) is 7.89. The number of ether oxygens (including phenoxy) is 1. The zero-order chi connectivity index (χ0) is 21.1. The molecule has 3 heterocycles. The van der Waals surface area contributed by atoms with Crippen molar-refractivity contribution in [3.8, 4) is 0 Å². The Morgan fingerprint density at radius 2 is 2.03 bits per heavy atom. The summed E-state index contributed by atoms with van der Waals surface area (Å²) in [4.78, 5) is 17.7. The summed E-state index contributed by atoms with van der Waals surface area (Å²) < 4.78 is 33.0. The number of aromatic nitrogens is 1. The summed E-state index contributed by atoms with van der Waals surface area (Å²) in [5, 5.41) is 2.93. The molecule has 10 heteroatoms. The van der Waals surface area contributed by atoms with Crippen LogP contribution in [0.15, 0.2) is 45.9 Å². The van der Waals surface area contributed by atoms with E-state index in [1.54, 1.807) is 0 Å². The highest BCUT2D eigenvalue weighted by atomic mass is 79.9. The van der Waals surface area contributed by atoms with E-state index in [1.165, 1.54) is 22.3 Å². The molecule has 0 saturated carbocycles. The normalized spacial score (nSPS) is 20.4. The maximum Gasteiger partial charge on any atom is 0.267 e. The summed E-state index contributed by atoms with van der Waals surface area (Å²) in [6, 6.07) is 9.60. The van der Waals surface area contributed by atoms with Gasteiger partial charge in [0.25, 0.3) is 5.91 Å². The fourth-order valence-corrected chi connectivity index (χ4v) is 5.62. The third-order valence-electron chi connectivity index (χ3n) is 5.52. The summed E-state index contributed by atoms with van der Waals surface area (Å²) in [5.74, 6) is 0.0544. The molecule has 1 unspecified atom stereocenters. The number of morpholine rings is 1. The molecule has 1 aromatic carbocycles. The summed E-state index contributed by atoms with van der Waals surface area (Å²) in [6.45, 7) is 3.79. The van der Waals surface area contributed by atoms with Crippen LogP contribution in [0.1, 0.15) is 16.9 Å². The highest BCUT2D eigenvalue weighted by Gasteiger charge is 2.28. The Kier molecular flexibility index (Phi) is 6.47. The maximum atomic E-state index is 12.7. The fourth-order valence-electron chi connectivity index (χ4n) is 3.83. The van der Waals surface area contributed by atoms with Crippen LogP contribution in [0.3, 0.4) is 0 Å². The van der Waals surface area contributed by atoms with Crippen molar-refractivity contribution in [2.75, 3.05) is 50.8 Å². The molecule has 8 nitrogen and oxygen atoms in total. The number of aromatic amines is 1. The SMILES string of the molecule is O=C(NCC1CCN(c2cccc(Br)c2)C1)c1cc(S(=O)(=O)N2CCOCC2)c[nH]1. The summed E-state index contributed by atoms with van der Waals surface area (Å²) in [6.07, 6.45) is 2.37. The van der Waals surface area contributed by atoms with Crippen LogP contribution in [0.2, 0.25) is 0 Å². The van der Waals surface area contributed by atoms with Gasteiger partial charge < -0.3 is 19.9 Å². The van der Waals surface area contributed by atoms with Gasteiger partial charge in [-0.25, -0.2) is 8.42 Å². The van der Waals surface area contributed by atoms with Crippen molar-refractivity contribution >= 4 is 37.5 Å². The Morgan fingerprint density at radius 1 is 1.23 bits per heavy atom. The number of H-pyrrole nitrogens is 1. The fraction of sp³-hybridized carbons (Fsp3) is 0.450. The molecule has 2 aliphatic heterocycles. The largest absolute Gasteiger partial charge is 0.379 e. The van der Waals surface area contributed by atoms with Gasteiger partial charge in [0.05, 0.1) is 13.2 Å². The van der Waals surface area contributed by atoms with Gasteiger partial charge in [-0.05, 0) is 36.6 Å². The average molecular weight is 497 g/mol. The first-order valence-corrected chi connectivity index (χ1v) is 12.2. The number of benzene rings is 1. The number of nitrogens with one attached hydrogen (secondary N) is 2. The molecule has 4 rings (SSSR count). The molecule has 2 N–H and O–H groups in total. The molecule has 0 bridgehead atoms. The third kappa shape index (κ3) is 4.72. The first-order valence-electron chi connectivity index (χ1n) is 9.98. The lowest BCUT2D eigenvalue weighted by Gasteiger charge is -2.25. The number of anilines is 1. The zero-order valence-electron chi connectivity index (χ0n) is 16.5. The van der Waals surface area contributed by atoms with E-state index in [-0.39, 0.29) is 16.5 Å². The van der Waals surface area contributed by atoms with Crippen LogP contribution >= 0.6 is 15.9 Å². The molecular formula is C20H25BrN4O4S. The maximum absolute atomic E-state index is 12.7. The average Bonchev–Trinajstić information content (AvgIpc) is 3.43. The van der Waals surface area contributed by atoms with Crippen molar-refractivity contribution in [2.24, 2.45) is 5.92 Å². The summed E-state index contributed by atoms with van der Waals surface area (Å²) >= 11 is 3.50. The summed E-state index contributed by atoms with van der Waals surface area (Å²) in [7, 11) is -3.62. The van der Waals surface area contributed by atoms with Gasteiger partial charge in [0.2, 0.25) is 10.0 Å². The Hall–Kier alpha value is -1.88. The van der Waals surface area contributed by atoms with E-state index in [4.69, 9.17) is 4.74 Å². The highest BCUT2D eigenvalue weighted by Crippen LogP contribution is 2.26. The number of hydrogen-bond acceptors (Lipinski definition) is 5.